The van der Waals surface area contributed by atoms with Crippen LogP contribution in [0.4, 0.5) is 5.69 Å². The third kappa shape index (κ3) is 4.27. The number of carbonyl (C=O) groups is 3. The zero-order valence-electron chi connectivity index (χ0n) is 18.1. The summed E-state index contributed by atoms with van der Waals surface area (Å²) in [6.07, 6.45) is 0.630. The van der Waals surface area contributed by atoms with Gasteiger partial charge in [0.1, 0.15) is 11.4 Å². The van der Waals surface area contributed by atoms with Crippen molar-refractivity contribution in [3.63, 3.8) is 0 Å². The minimum absolute atomic E-state index is 0.0183. The fourth-order valence-electron chi connectivity index (χ4n) is 3.85. The normalized spacial score (nSPS) is 19.1. The van der Waals surface area contributed by atoms with E-state index in [4.69, 9.17) is 9.73 Å². The summed E-state index contributed by atoms with van der Waals surface area (Å²) in [4.78, 5) is 45.7. The molecule has 2 aliphatic heterocycles. The van der Waals surface area contributed by atoms with Gasteiger partial charge >= 0.3 is 0 Å². The fraction of sp³-hybridized carbons (Fsp3) is 0.333. The zero-order valence-corrected chi connectivity index (χ0v) is 18.9. The van der Waals surface area contributed by atoms with E-state index in [1.807, 2.05) is 38.1 Å². The van der Waals surface area contributed by atoms with Crippen molar-refractivity contribution in [2.24, 2.45) is 4.99 Å². The number of carbonyl (C=O) groups excluding carboxylic acids is 3. The summed E-state index contributed by atoms with van der Waals surface area (Å²) in [5.74, 6) is 0.794. The van der Waals surface area contributed by atoms with Crippen molar-refractivity contribution >= 4 is 40.3 Å². The van der Waals surface area contributed by atoms with Crippen LogP contribution >= 0.6 is 11.8 Å². The van der Waals surface area contributed by atoms with Gasteiger partial charge in [0.2, 0.25) is 5.91 Å². The first-order valence-corrected chi connectivity index (χ1v) is 11.7. The van der Waals surface area contributed by atoms with Crippen LogP contribution in [0.2, 0.25) is 0 Å². The van der Waals surface area contributed by atoms with E-state index in [1.54, 1.807) is 40.9 Å². The number of fused-ring (bicyclic) bond motifs is 1. The van der Waals surface area contributed by atoms with Gasteiger partial charge in [-0.05, 0) is 44.5 Å². The summed E-state index contributed by atoms with van der Waals surface area (Å²) < 4.78 is 5.65. The molecule has 2 heterocycles. The highest BCUT2D eigenvalue weighted by Crippen LogP contribution is 2.32. The van der Waals surface area contributed by atoms with Crippen molar-refractivity contribution in [2.75, 3.05) is 18.9 Å². The molecule has 166 valence electrons. The molecule has 1 fully saturated rings. The third-order valence-corrected chi connectivity index (χ3v) is 6.60. The Bertz CT molecular complexity index is 1050. The van der Waals surface area contributed by atoms with Crippen LogP contribution in [0.5, 0.6) is 5.75 Å². The van der Waals surface area contributed by atoms with Gasteiger partial charge in [0.15, 0.2) is 5.17 Å². The summed E-state index contributed by atoms with van der Waals surface area (Å²) in [5.41, 5.74) is 1.54. The van der Waals surface area contributed by atoms with Gasteiger partial charge in [-0.3, -0.25) is 24.2 Å². The number of ether oxygens (including phenoxy) is 1. The summed E-state index contributed by atoms with van der Waals surface area (Å²) in [7, 11) is 0. The summed E-state index contributed by atoms with van der Waals surface area (Å²) in [6.45, 7) is 4.66. The first-order valence-electron chi connectivity index (χ1n) is 10.7. The lowest BCUT2D eigenvalue weighted by Gasteiger charge is -2.22. The van der Waals surface area contributed by atoms with E-state index in [2.05, 4.69) is 0 Å². The molecule has 7 nitrogen and oxygen atoms in total. The zero-order chi connectivity index (χ0) is 22.7. The fourth-order valence-corrected chi connectivity index (χ4v) is 4.97. The summed E-state index contributed by atoms with van der Waals surface area (Å²) >= 11 is 1.54. The SMILES string of the molecule is CCOc1ccccc1N=C1SCC(C)N1C(=O)CCCN1C(=O)c2ccccc2C1=O. The minimum atomic E-state index is -0.294. The Morgan fingerprint density at radius 1 is 1.09 bits per heavy atom. The molecule has 1 unspecified atom stereocenters. The molecule has 3 amide bonds. The maximum absolute atomic E-state index is 13.0. The lowest BCUT2D eigenvalue weighted by molar-refractivity contribution is -0.128. The molecule has 2 aliphatic rings. The highest BCUT2D eigenvalue weighted by molar-refractivity contribution is 8.14. The molecular weight excluding hydrogens is 426 g/mol. The quantitative estimate of drug-likeness (QED) is 0.592. The third-order valence-electron chi connectivity index (χ3n) is 5.40. The molecule has 0 aromatic heterocycles. The van der Waals surface area contributed by atoms with Gasteiger partial charge in [0.05, 0.1) is 17.7 Å². The predicted molar refractivity (Wildman–Crippen MR) is 125 cm³/mol. The minimum Gasteiger partial charge on any atom is -0.492 e. The number of amidine groups is 1. The Hall–Kier alpha value is -3.13. The van der Waals surface area contributed by atoms with Gasteiger partial charge < -0.3 is 4.74 Å². The number of para-hydroxylation sites is 2. The van der Waals surface area contributed by atoms with E-state index in [1.165, 1.54) is 4.90 Å². The van der Waals surface area contributed by atoms with Crippen LogP contribution in [0.1, 0.15) is 47.4 Å². The van der Waals surface area contributed by atoms with Crippen molar-refractivity contribution in [3.8, 4) is 5.75 Å². The number of imide groups is 1. The van der Waals surface area contributed by atoms with Crippen LogP contribution in [0, 0.1) is 0 Å². The second-order valence-electron chi connectivity index (χ2n) is 7.63. The molecule has 32 heavy (non-hydrogen) atoms. The van der Waals surface area contributed by atoms with Crippen LogP contribution in [-0.4, -0.2) is 57.6 Å². The number of benzene rings is 2. The van der Waals surface area contributed by atoms with Gasteiger partial charge in [0.25, 0.3) is 11.8 Å². The topological polar surface area (TPSA) is 79.3 Å². The first-order chi connectivity index (χ1) is 15.5. The van der Waals surface area contributed by atoms with E-state index in [0.717, 1.165) is 5.75 Å². The number of amides is 3. The Morgan fingerprint density at radius 2 is 1.75 bits per heavy atom. The van der Waals surface area contributed by atoms with Crippen LogP contribution < -0.4 is 4.74 Å². The molecule has 0 saturated carbocycles. The molecule has 0 aliphatic carbocycles. The predicted octanol–water partition coefficient (Wildman–Crippen LogP) is 4.11. The Kier molecular flexibility index (Phi) is 6.60. The van der Waals surface area contributed by atoms with Crippen molar-refractivity contribution in [3.05, 3.63) is 59.7 Å². The van der Waals surface area contributed by atoms with Crippen LogP contribution in [0.15, 0.2) is 53.5 Å². The van der Waals surface area contributed by atoms with E-state index in [0.29, 0.717) is 40.8 Å². The molecule has 0 bridgehead atoms. The van der Waals surface area contributed by atoms with Gasteiger partial charge in [-0.1, -0.05) is 36.0 Å². The smallest absolute Gasteiger partial charge is 0.261 e. The Labute approximate surface area is 191 Å². The summed E-state index contributed by atoms with van der Waals surface area (Å²) in [5, 5.41) is 0.649. The largest absolute Gasteiger partial charge is 0.492 e. The van der Waals surface area contributed by atoms with E-state index < -0.39 is 0 Å². The number of aliphatic imine (C=N–C) groups is 1. The molecule has 0 radical (unpaired) electrons. The second kappa shape index (κ2) is 9.56. The lowest BCUT2D eigenvalue weighted by atomic mass is 10.1. The molecule has 8 heteroatoms. The molecule has 1 saturated heterocycles. The van der Waals surface area contributed by atoms with E-state index >= 15 is 0 Å². The average Bonchev–Trinajstić information content (AvgIpc) is 3.27. The van der Waals surface area contributed by atoms with E-state index in [-0.39, 0.29) is 36.7 Å². The van der Waals surface area contributed by atoms with Gasteiger partial charge in [-0.15, -0.1) is 0 Å². The van der Waals surface area contributed by atoms with Gasteiger partial charge in [-0.25, -0.2) is 4.99 Å². The van der Waals surface area contributed by atoms with Crippen molar-refractivity contribution in [1.82, 2.24) is 9.80 Å². The Morgan fingerprint density at radius 3 is 2.44 bits per heavy atom. The van der Waals surface area contributed by atoms with Crippen LogP contribution in [0.3, 0.4) is 0 Å². The maximum atomic E-state index is 13.0. The molecule has 2 aromatic rings. The number of thioether (sulfide) groups is 1. The molecule has 0 N–H and O–H groups in total. The molecular formula is C24H25N3O4S. The van der Waals surface area contributed by atoms with Gasteiger partial charge in [-0.2, -0.15) is 0 Å². The highest BCUT2D eigenvalue weighted by atomic mass is 32.2. The standard InChI is InChI=1S/C24H25N3O4S/c1-3-31-20-12-7-6-11-19(20)25-24-27(16(2)15-32-24)21(28)13-8-14-26-22(29)17-9-4-5-10-18(17)23(26)30/h4-7,9-12,16H,3,8,13-15H2,1-2H3. The summed E-state index contributed by atoms with van der Waals surface area (Å²) in [6, 6.07) is 14.3. The van der Waals surface area contributed by atoms with Crippen LogP contribution in [0.25, 0.3) is 0 Å². The second-order valence-corrected chi connectivity index (χ2v) is 8.62. The van der Waals surface area contributed by atoms with Gasteiger partial charge in [0, 0.05) is 24.8 Å². The van der Waals surface area contributed by atoms with Crippen molar-refractivity contribution in [2.45, 2.75) is 32.7 Å². The number of rotatable bonds is 7. The highest BCUT2D eigenvalue weighted by Gasteiger charge is 2.36. The van der Waals surface area contributed by atoms with Crippen molar-refractivity contribution in [1.29, 1.82) is 0 Å². The Balaban J connectivity index is 1.42. The number of hydrogen-bond acceptors (Lipinski definition) is 6. The number of nitrogens with zero attached hydrogens (tertiary/aromatic N) is 3. The first kappa shape index (κ1) is 22.1. The molecule has 1 atom stereocenters. The van der Waals surface area contributed by atoms with Crippen molar-refractivity contribution < 1.29 is 19.1 Å². The van der Waals surface area contributed by atoms with Crippen LogP contribution in [-0.2, 0) is 4.79 Å². The molecule has 4 rings (SSSR count). The average molecular weight is 452 g/mol. The van der Waals surface area contributed by atoms with E-state index in [9.17, 15) is 14.4 Å². The maximum Gasteiger partial charge on any atom is 0.261 e. The number of hydrogen-bond donors (Lipinski definition) is 0. The molecule has 0 spiro atoms. The monoisotopic (exact) mass is 451 g/mol. The lowest BCUT2D eigenvalue weighted by Crippen LogP contribution is -2.38. The molecule has 2 aromatic carbocycles.